The van der Waals surface area contributed by atoms with E-state index in [0.29, 0.717) is 18.5 Å². The van der Waals surface area contributed by atoms with Crippen molar-refractivity contribution in [2.24, 2.45) is 5.92 Å². The highest BCUT2D eigenvalue weighted by Gasteiger charge is 2.27. The lowest BCUT2D eigenvalue weighted by Crippen LogP contribution is -2.41. The third-order valence-corrected chi connectivity index (χ3v) is 5.39. The van der Waals surface area contributed by atoms with Crippen LogP contribution in [-0.4, -0.2) is 50.2 Å². The van der Waals surface area contributed by atoms with Gasteiger partial charge in [-0.3, -0.25) is 4.90 Å². The van der Waals surface area contributed by atoms with E-state index in [-0.39, 0.29) is 11.4 Å². The molecule has 0 saturated carbocycles. The van der Waals surface area contributed by atoms with Gasteiger partial charge in [0, 0.05) is 25.7 Å². The second kappa shape index (κ2) is 7.04. The Labute approximate surface area is 131 Å². The van der Waals surface area contributed by atoms with E-state index in [4.69, 9.17) is 0 Å². The van der Waals surface area contributed by atoms with E-state index < -0.39 is 21.9 Å². The van der Waals surface area contributed by atoms with Crippen LogP contribution in [0.2, 0.25) is 0 Å². The van der Waals surface area contributed by atoms with Gasteiger partial charge in [0.2, 0.25) is 10.0 Å². The molecule has 0 aliphatic carbocycles. The summed E-state index contributed by atoms with van der Waals surface area (Å²) in [6, 6.07) is 5.20. The van der Waals surface area contributed by atoms with Crippen LogP contribution < -0.4 is 4.72 Å². The number of benzene rings is 1. The molecule has 1 fully saturated rings. The second-order valence-electron chi connectivity index (χ2n) is 6.11. The lowest BCUT2D eigenvalue weighted by atomic mass is 10.1. The predicted molar refractivity (Wildman–Crippen MR) is 82.4 cm³/mol. The summed E-state index contributed by atoms with van der Waals surface area (Å²) in [5.74, 6) is -0.0190. The van der Waals surface area contributed by atoms with Gasteiger partial charge in [-0.25, -0.2) is 17.5 Å². The fourth-order valence-electron chi connectivity index (χ4n) is 2.90. The number of nitrogens with one attached hydrogen (secondary N) is 1. The average molecular weight is 330 g/mol. The zero-order valence-corrected chi connectivity index (χ0v) is 13.7. The Hall–Kier alpha value is -1.02. The third kappa shape index (κ3) is 4.49. The largest absolute Gasteiger partial charge is 0.390 e. The van der Waals surface area contributed by atoms with Crippen molar-refractivity contribution in [1.29, 1.82) is 0 Å². The number of likely N-dealkylation sites (tertiary alicyclic amines) is 1. The van der Waals surface area contributed by atoms with Crippen LogP contribution >= 0.6 is 0 Å². The van der Waals surface area contributed by atoms with E-state index in [0.717, 1.165) is 19.0 Å². The summed E-state index contributed by atoms with van der Waals surface area (Å²) < 4.78 is 39.5. The van der Waals surface area contributed by atoms with Crippen LogP contribution in [0.4, 0.5) is 4.39 Å². The van der Waals surface area contributed by atoms with E-state index in [2.05, 4.69) is 23.5 Å². The maximum absolute atomic E-state index is 13.1. The van der Waals surface area contributed by atoms with Gasteiger partial charge >= 0.3 is 0 Å². The van der Waals surface area contributed by atoms with Crippen LogP contribution in [0.15, 0.2) is 29.2 Å². The minimum Gasteiger partial charge on any atom is -0.390 e. The van der Waals surface area contributed by atoms with Crippen molar-refractivity contribution in [3.05, 3.63) is 30.1 Å². The molecule has 2 N–H and O–H groups in total. The van der Waals surface area contributed by atoms with Gasteiger partial charge in [-0.2, -0.15) is 0 Å². The number of halogens is 1. The third-order valence-electron chi connectivity index (χ3n) is 3.97. The summed E-state index contributed by atoms with van der Waals surface area (Å²) >= 11 is 0. The number of hydrogen-bond acceptors (Lipinski definition) is 4. The quantitative estimate of drug-likeness (QED) is 0.822. The van der Waals surface area contributed by atoms with Gasteiger partial charge in [-0.05, 0) is 37.5 Å². The van der Waals surface area contributed by atoms with E-state index in [1.807, 2.05) is 0 Å². The van der Waals surface area contributed by atoms with Crippen LogP contribution in [0.5, 0.6) is 0 Å². The molecule has 22 heavy (non-hydrogen) atoms. The van der Waals surface area contributed by atoms with Gasteiger partial charge in [0.25, 0.3) is 0 Å². The number of nitrogens with zero attached hydrogens (tertiary/aromatic N) is 1. The normalized spacial score (nSPS) is 24.5. The van der Waals surface area contributed by atoms with Crippen LogP contribution in [0, 0.1) is 11.7 Å². The first-order valence-corrected chi connectivity index (χ1v) is 8.93. The molecule has 0 spiro atoms. The lowest BCUT2D eigenvalue weighted by Gasteiger charge is -2.24. The minimum absolute atomic E-state index is 0.0869. The molecule has 7 heteroatoms. The Morgan fingerprint density at radius 1 is 1.45 bits per heavy atom. The van der Waals surface area contributed by atoms with Crippen molar-refractivity contribution in [2.45, 2.75) is 37.3 Å². The summed E-state index contributed by atoms with van der Waals surface area (Å²) in [5.41, 5.74) is 0. The molecule has 2 rings (SSSR count). The summed E-state index contributed by atoms with van der Waals surface area (Å²) in [5, 5.41) is 10.0. The molecule has 0 amide bonds. The van der Waals surface area contributed by atoms with Crippen molar-refractivity contribution in [1.82, 2.24) is 9.62 Å². The molecular weight excluding hydrogens is 307 g/mol. The van der Waals surface area contributed by atoms with E-state index in [1.165, 1.54) is 18.2 Å². The summed E-state index contributed by atoms with van der Waals surface area (Å²) in [7, 11) is -3.80. The maximum atomic E-state index is 13.1. The van der Waals surface area contributed by atoms with Crippen molar-refractivity contribution in [3.8, 4) is 0 Å². The molecule has 0 bridgehead atoms. The van der Waals surface area contributed by atoms with Crippen LogP contribution in [0.25, 0.3) is 0 Å². The van der Waals surface area contributed by atoms with E-state index in [1.54, 1.807) is 0 Å². The summed E-state index contributed by atoms with van der Waals surface area (Å²) in [6.45, 7) is 5.52. The zero-order valence-electron chi connectivity index (χ0n) is 12.9. The van der Waals surface area contributed by atoms with Crippen LogP contribution in [0.3, 0.4) is 0 Å². The van der Waals surface area contributed by atoms with E-state index in [9.17, 15) is 17.9 Å². The number of aliphatic hydroxyl groups is 1. The van der Waals surface area contributed by atoms with Gasteiger partial charge in [-0.1, -0.05) is 13.0 Å². The summed E-state index contributed by atoms with van der Waals surface area (Å²) in [4.78, 5) is 2.02. The van der Waals surface area contributed by atoms with Crippen molar-refractivity contribution < 1.29 is 17.9 Å². The Balaban J connectivity index is 1.89. The SMILES string of the molecule is CC1CC(C)N(CC(O)CNS(=O)(=O)c2cccc(F)c2)C1. The highest BCUT2D eigenvalue weighted by atomic mass is 32.2. The molecule has 0 aromatic heterocycles. The lowest BCUT2D eigenvalue weighted by molar-refractivity contribution is 0.111. The molecule has 5 nitrogen and oxygen atoms in total. The Morgan fingerprint density at radius 3 is 2.77 bits per heavy atom. The maximum Gasteiger partial charge on any atom is 0.240 e. The van der Waals surface area contributed by atoms with E-state index >= 15 is 0 Å². The molecule has 3 atom stereocenters. The highest BCUT2D eigenvalue weighted by molar-refractivity contribution is 7.89. The molecule has 0 radical (unpaired) electrons. The molecular formula is C15H23FN2O3S. The second-order valence-corrected chi connectivity index (χ2v) is 7.87. The molecule has 1 aromatic carbocycles. The average Bonchev–Trinajstić information content (AvgIpc) is 2.75. The zero-order chi connectivity index (χ0) is 16.3. The highest BCUT2D eigenvalue weighted by Crippen LogP contribution is 2.22. The molecule has 1 aliphatic rings. The molecule has 1 saturated heterocycles. The Morgan fingerprint density at radius 2 is 2.18 bits per heavy atom. The molecule has 1 aliphatic heterocycles. The van der Waals surface area contributed by atoms with Gasteiger partial charge in [0.15, 0.2) is 0 Å². The Kier molecular flexibility index (Phi) is 5.55. The number of rotatable bonds is 6. The van der Waals surface area contributed by atoms with Crippen LogP contribution in [-0.2, 0) is 10.0 Å². The first kappa shape index (κ1) is 17.3. The summed E-state index contributed by atoms with van der Waals surface area (Å²) in [6.07, 6.45) is 0.290. The molecule has 1 aromatic rings. The standard InChI is InChI=1S/C15H23FN2O3S/c1-11-6-12(2)18(9-11)10-14(19)8-17-22(20,21)15-5-3-4-13(16)7-15/h3-5,7,11-12,14,17,19H,6,8-10H2,1-2H3. The topological polar surface area (TPSA) is 69.6 Å². The fourth-order valence-corrected chi connectivity index (χ4v) is 4.00. The molecule has 3 unspecified atom stereocenters. The monoisotopic (exact) mass is 330 g/mol. The number of aliphatic hydroxyl groups excluding tert-OH is 1. The fraction of sp³-hybridized carbons (Fsp3) is 0.600. The van der Waals surface area contributed by atoms with Crippen molar-refractivity contribution in [3.63, 3.8) is 0 Å². The van der Waals surface area contributed by atoms with Gasteiger partial charge in [0.05, 0.1) is 11.0 Å². The smallest absolute Gasteiger partial charge is 0.240 e. The van der Waals surface area contributed by atoms with Gasteiger partial charge in [0.1, 0.15) is 5.82 Å². The van der Waals surface area contributed by atoms with Crippen molar-refractivity contribution >= 4 is 10.0 Å². The number of sulfonamides is 1. The van der Waals surface area contributed by atoms with Crippen molar-refractivity contribution in [2.75, 3.05) is 19.6 Å². The minimum atomic E-state index is -3.80. The molecule has 124 valence electrons. The molecule has 1 heterocycles. The number of hydrogen-bond donors (Lipinski definition) is 2. The van der Waals surface area contributed by atoms with Gasteiger partial charge < -0.3 is 5.11 Å². The predicted octanol–water partition coefficient (Wildman–Crippen LogP) is 1.20. The number of β-amino-alcohol motifs (C(OH)–C–C–N with tert-alkyl or cyclic N) is 1. The first-order valence-electron chi connectivity index (χ1n) is 7.45. The van der Waals surface area contributed by atoms with Crippen LogP contribution in [0.1, 0.15) is 20.3 Å². The first-order chi connectivity index (χ1) is 10.3. The Bertz CT molecular complexity index is 609. The van der Waals surface area contributed by atoms with Gasteiger partial charge in [-0.15, -0.1) is 0 Å².